The summed E-state index contributed by atoms with van der Waals surface area (Å²) in [6.07, 6.45) is 3.05. The molecule has 1 fully saturated rings. The van der Waals surface area contributed by atoms with Crippen molar-refractivity contribution < 1.29 is 14.7 Å². The summed E-state index contributed by atoms with van der Waals surface area (Å²) >= 11 is 0. The van der Waals surface area contributed by atoms with Crippen molar-refractivity contribution in [2.24, 2.45) is 12.5 Å². The van der Waals surface area contributed by atoms with Gasteiger partial charge in [-0.1, -0.05) is 13.8 Å². The third-order valence-electron chi connectivity index (χ3n) is 4.13. The van der Waals surface area contributed by atoms with Crippen LogP contribution in [0.25, 0.3) is 0 Å². The minimum Gasteiger partial charge on any atom is -0.481 e. The number of nitrogens with zero attached hydrogens (tertiary/aromatic N) is 3. The van der Waals surface area contributed by atoms with Crippen LogP contribution >= 0.6 is 0 Å². The van der Waals surface area contributed by atoms with Crippen LogP contribution in [0.3, 0.4) is 0 Å². The molecular weight excluding hydrogens is 270 g/mol. The Labute approximate surface area is 124 Å². The average Bonchev–Trinajstić information content (AvgIpc) is 2.80. The summed E-state index contributed by atoms with van der Waals surface area (Å²) in [5, 5.41) is 13.7. The first-order valence-corrected chi connectivity index (χ1v) is 7.31. The molecule has 0 bridgehead atoms. The summed E-state index contributed by atoms with van der Waals surface area (Å²) in [7, 11) is 1.79. The van der Waals surface area contributed by atoms with Crippen LogP contribution < -0.4 is 0 Å². The Morgan fingerprint density at radius 2 is 2.10 bits per heavy atom. The van der Waals surface area contributed by atoms with Gasteiger partial charge in [-0.25, -0.2) is 0 Å². The topological polar surface area (TPSA) is 75.4 Å². The van der Waals surface area contributed by atoms with E-state index in [-0.39, 0.29) is 18.4 Å². The first-order chi connectivity index (χ1) is 9.74. The molecule has 1 amide bonds. The maximum atomic E-state index is 12.7. The predicted octanol–water partition coefficient (Wildman–Crippen LogP) is 1.87. The smallest absolute Gasteiger partial charge is 0.311 e. The molecule has 0 saturated carbocycles. The number of rotatable bonds is 3. The fourth-order valence-corrected chi connectivity index (χ4v) is 2.85. The molecule has 6 nitrogen and oxygen atoms in total. The molecule has 21 heavy (non-hydrogen) atoms. The SMILES string of the molecule is CC(C)c1nn(C)cc1C(=O)N1CCCC(C)(C(=O)O)C1. The minimum absolute atomic E-state index is 0.112. The van der Waals surface area contributed by atoms with Crippen molar-refractivity contribution in [2.75, 3.05) is 13.1 Å². The summed E-state index contributed by atoms with van der Waals surface area (Å²) in [6.45, 7) is 6.57. The number of piperidine rings is 1. The summed E-state index contributed by atoms with van der Waals surface area (Å²) in [4.78, 5) is 25.8. The van der Waals surface area contributed by atoms with Crippen LogP contribution in [-0.2, 0) is 11.8 Å². The maximum absolute atomic E-state index is 12.7. The van der Waals surface area contributed by atoms with Crippen LogP contribution in [0.15, 0.2) is 6.20 Å². The second kappa shape index (κ2) is 5.50. The van der Waals surface area contributed by atoms with Gasteiger partial charge < -0.3 is 10.0 Å². The van der Waals surface area contributed by atoms with Crippen LogP contribution in [0.2, 0.25) is 0 Å². The number of hydrogen-bond acceptors (Lipinski definition) is 3. The number of aromatic nitrogens is 2. The van der Waals surface area contributed by atoms with Crippen LogP contribution in [-0.4, -0.2) is 44.8 Å². The van der Waals surface area contributed by atoms with E-state index in [1.54, 1.807) is 29.7 Å². The lowest BCUT2D eigenvalue weighted by Gasteiger charge is -2.37. The Kier molecular flexibility index (Phi) is 4.07. The molecule has 2 rings (SSSR count). The molecule has 0 aliphatic carbocycles. The van der Waals surface area contributed by atoms with E-state index in [0.29, 0.717) is 24.9 Å². The van der Waals surface area contributed by atoms with Crippen LogP contribution in [0, 0.1) is 5.41 Å². The predicted molar refractivity (Wildman–Crippen MR) is 78.2 cm³/mol. The molecule has 116 valence electrons. The monoisotopic (exact) mass is 293 g/mol. The summed E-state index contributed by atoms with van der Waals surface area (Å²) in [5.74, 6) is -0.796. The molecule has 0 spiro atoms. The van der Waals surface area contributed by atoms with Crippen LogP contribution in [0.1, 0.15) is 55.6 Å². The van der Waals surface area contributed by atoms with E-state index in [9.17, 15) is 14.7 Å². The molecule has 1 unspecified atom stereocenters. The van der Waals surface area contributed by atoms with E-state index in [1.807, 2.05) is 13.8 Å². The van der Waals surface area contributed by atoms with Gasteiger partial charge in [0.25, 0.3) is 5.91 Å². The highest BCUT2D eigenvalue weighted by atomic mass is 16.4. The van der Waals surface area contributed by atoms with Crippen LogP contribution in [0.4, 0.5) is 0 Å². The lowest BCUT2D eigenvalue weighted by Crippen LogP contribution is -2.48. The molecule has 0 aromatic carbocycles. The number of amides is 1. The number of aliphatic carboxylic acids is 1. The summed E-state index contributed by atoms with van der Waals surface area (Å²) < 4.78 is 1.64. The summed E-state index contributed by atoms with van der Waals surface area (Å²) in [5.41, 5.74) is 0.501. The van der Waals surface area contributed by atoms with Gasteiger partial charge in [0, 0.05) is 26.3 Å². The molecule has 1 aromatic rings. The number of carbonyl (C=O) groups is 2. The van der Waals surface area contributed by atoms with Gasteiger partial charge in [0.2, 0.25) is 0 Å². The van der Waals surface area contributed by atoms with E-state index >= 15 is 0 Å². The van der Waals surface area contributed by atoms with E-state index in [2.05, 4.69) is 5.10 Å². The van der Waals surface area contributed by atoms with Gasteiger partial charge in [-0.15, -0.1) is 0 Å². The molecule has 1 aliphatic rings. The molecule has 2 heterocycles. The third kappa shape index (κ3) is 2.94. The molecule has 1 atom stereocenters. The Morgan fingerprint density at radius 3 is 2.67 bits per heavy atom. The molecular formula is C15H23N3O3. The van der Waals surface area contributed by atoms with Crippen molar-refractivity contribution in [3.05, 3.63) is 17.5 Å². The largest absolute Gasteiger partial charge is 0.481 e. The first-order valence-electron chi connectivity index (χ1n) is 7.31. The van der Waals surface area contributed by atoms with E-state index in [4.69, 9.17) is 0 Å². The summed E-state index contributed by atoms with van der Waals surface area (Å²) in [6, 6.07) is 0. The zero-order valence-electron chi connectivity index (χ0n) is 13.1. The van der Waals surface area contributed by atoms with Crippen LogP contribution in [0.5, 0.6) is 0 Å². The van der Waals surface area contributed by atoms with E-state index < -0.39 is 11.4 Å². The number of likely N-dealkylation sites (tertiary alicyclic amines) is 1. The Balaban J connectivity index is 2.26. The standard InChI is InChI=1S/C15H23N3O3/c1-10(2)12-11(8-17(4)16-12)13(19)18-7-5-6-15(3,9-18)14(20)21/h8,10H,5-7,9H2,1-4H3,(H,20,21). The Hall–Kier alpha value is -1.85. The quantitative estimate of drug-likeness (QED) is 0.923. The first kappa shape index (κ1) is 15.5. The van der Waals surface area contributed by atoms with Gasteiger partial charge in [0.15, 0.2) is 0 Å². The normalized spacial score (nSPS) is 22.6. The van der Waals surface area contributed by atoms with Crippen molar-refractivity contribution in [3.63, 3.8) is 0 Å². The molecule has 1 saturated heterocycles. The number of carbonyl (C=O) groups excluding carboxylic acids is 1. The molecule has 0 radical (unpaired) electrons. The van der Waals surface area contributed by atoms with Gasteiger partial charge in [-0.2, -0.15) is 5.10 Å². The maximum Gasteiger partial charge on any atom is 0.311 e. The highest BCUT2D eigenvalue weighted by Crippen LogP contribution is 2.31. The fourth-order valence-electron chi connectivity index (χ4n) is 2.85. The lowest BCUT2D eigenvalue weighted by atomic mass is 9.82. The van der Waals surface area contributed by atoms with Crippen molar-refractivity contribution >= 4 is 11.9 Å². The highest BCUT2D eigenvalue weighted by Gasteiger charge is 2.40. The molecule has 1 aromatic heterocycles. The highest BCUT2D eigenvalue weighted by molar-refractivity contribution is 5.95. The average molecular weight is 293 g/mol. The van der Waals surface area contributed by atoms with E-state index in [1.165, 1.54) is 0 Å². The zero-order chi connectivity index (χ0) is 15.8. The van der Waals surface area contributed by atoms with Gasteiger partial charge in [0.05, 0.1) is 16.7 Å². The van der Waals surface area contributed by atoms with Crippen molar-refractivity contribution in [3.8, 4) is 0 Å². The van der Waals surface area contributed by atoms with E-state index in [0.717, 1.165) is 5.69 Å². The molecule has 1 aliphatic heterocycles. The van der Waals surface area contributed by atoms with Gasteiger partial charge in [-0.05, 0) is 25.7 Å². The van der Waals surface area contributed by atoms with Gasteiger partial charge >= 0.3 is 5.97 Å². The zero-order valence-corrected chi connectivity index (χ0v) is 13.1. The molecule has 1 N–H and O–H groups in total. The minimum atomic E-state index is -0.853. The number of carboxylic acids is 1. The molecule has 6 heteroatoms. The van der Waals surface area contributed by atoms with Crippen molar-refractivity contribution in [1.29, 1.82) is 0 Å². The Bertz CT molecular complexity index is 565. The Morgan fingerprint density at radius 1 is 1.43 bits per heavy atom. The fraction of sp³-hybridized carbons (Fsp3) is 0.667. The van der Waals surface area contributed by atoms with Crippen molar-refractivity contribution in [2.45, 2.75) is 39.5 Å². The number of carboxylic acid groups (broad SMARTS) is 1. The van der Waals surface area contributed by atoms with Crippen molar-refractivity contribution in [1.82, 2.24) is 14.7 Å². The number of hydrogen-bond donors (Lipinski definition) is 1. The third-order valence-corrected chi connectivity index (χ3v) is 4.13. The second-order valence-corrected chi connectivity index (χ2v) is 6.45. The second-order valence-electron chi connectivity index (χ2n) is 6.45. The number of aryl methyl sites for hydroxylation is 1. The van der Waals surface area contributed by atoms with Gasteiger partial charge in [-0.3, -0.25) is 14.3 Å². The van der Waals surface area contributed by atoms with Gasteiger partial charge in [0.1, 0.15) is 0 Å². The lowest BCUT2D eigenvalue weighted by molar-refractivity contribution is -0.150.